The standard InChI is InChI=1S/C18H22BrN5O3/c19-16-13-23(21-18(16)24(26)27)11-8-17(25)20-15-6-4-14(5-7-15)12-22-9-2-1-3-10-22/h4-7,13H,1-3,8-12H2,(H,20,25). The van der Waals surface area contributed by atoms with Gasteiger partial charge in [0, 0.05) is 18.7 Å². The Kier molecular flexibility index (Phi) is 6.57. The second kappa shape index (κ2) is 9.09. The van der Waals surface area contributed by atoms with Gasteiger partial charge in [0.2, 0.25) is 5.91 Å². The Balaban J connectivity index is 1.47. The van der Waals surface area contributed by atoms with Gasteiger partial charge >= 0.3 is 5.82 Å². The van der Waals surface area contributed by atoms with Gasteiger partial charge in [-0.15, -0.1) is 0 Å². The molecule has 27 heavy (non-hydrogen) atoms. The summed E-state index contributed by atoms with van der Waals surface area (Å²) in [5.74, 6) is -0.409. The van der Waals surface area contributed by atoms with Crippen LogP contribution in [-0.4, -0.2) is 38.6 Å². The van der Waals surface area contributed by atoms with Gasteiger partial charge in [-0.3, -0.25) is 9.69 Å². The number of aromatic nitrogens is 2. The molecule has 0 saturated carbocycles. The summed E-state index contributed by atoms with van der Waals surface area (Å²) in [6.07, 6.45) is 5.54. The van der Waals surface area contributed by atoms with E-state index in [1.54, 1.807) is 0 Å². The predicted octanol–water partition coefficient (Wildman–Crippen LogP) is 3.57. The number of benzene rings is 1. The molecule has 144 valence electrons. The molecule has 2 heterocycles. The number of piperidine rings is 1. The lowest BCUT2D eigenvalue weighted by atomic mass is 10.1. The van der Waals surface area contributed by atoms with Gasteiger partial charge < -0.3 is 15.4 Å². The number of hydrogen-bond acceptors (Lipinski definition) is 5. The summed E-state index contributed by atoms with van der Waals surface area (Å²) in [5.41, 5.74) is 1.98. The van der Waals surface area contributed by atoms with Crippen molar-refractivity contribution in [2.45, 2.75) is 38.8 Å². The van der Waals surface area contributed by atoms with Crippen molar-refractivity contribution in [2.75, 3.05) is 18.4 Å². The van der Waals surface area contributed by atoms with Crippen molar-refractivity contribution in [3.05, 3.63) is 50.6 Å². The smallest absolute Gasteiger partial charge is 0.358 e. The third kappa shape index (κ3) is 5.61. The number of halogens is 1. The Morgan fingerprint density at radius 2 is 1.93 bits per heavy atom. The maximum atomic E-state index is 12.1. The Morgan fingerprint density at radius 3 is 2.56 bits per heavy atom. The molecule has 2 aromatic rings. The van der Waals surface area contributed by atoms with Crippen LogP contribution < -0.4 is 5.32 Å². The topological polar surface area (TPSA) is 93.3 Å². The number of aryl methyl sites for hydroxylation is 1. The molecule has 0 unspecified atom stereocenters. The molecule has 1 saturated heterocycles. The molecule has 0 aliphatic carbocycles. The van der Waals surface area contributed by atoms with E-state index in [4.69, 9.17) is 0 Å². The van der Waals surface area contributed by atoms with Crippen LogP contribution in [0.25, 0.3) is 0 Å². The van der Waals surface area contributed by atoms with Crippen LogP contribution in [0.5, 0.6) is 0 Å². The highest BCUT2D eigenvalue weighted by atomic mass is 79.9. The van der Waals surface area contributed by atoms with Crippen molar-refractivity contribution in [3.63, 3.8) is 0 Å². The van der Waals surface area contributed by atoms with Gasteiger partial charge in [-0.1, -0.05) is 18.6 Å². The number of nitro groups is 1. The van der Waals surface area contributed by atoms with Crippen molar-refractivity contribution < 1.29 is 9.72 Å². The van der Waals surface area contributed by atoms with Crippen molar-refractivity contribution in [1.29, 1.82) is 0 Å². The lowest BCUT2D eigenvalue weighted by molar-refractivity contribution is -0.390. The molecule has 8 nitrogen and oxygen atoms in total. The molecule has 0 radical (unpaired) electrons. The Hall–Kier alpha value is -2.26. The largest absolute Gasteiger partial charge is 0.404 e. The molecule has 1 N–H and O–H groups in total. The monoisotopic (exact) mass is 435 g/mol. The summed E-state index contributed by atoms with van der Waals surface area (Å²) in [5, 5.41) is 17.5. The van der Waals surface area contributed by atoms with Crippen molar-refractivity contribution >= 4 is 33.3 Å². The van der Waals surface area contributed by atoms with Crippen LogP contribution in [0.3, 0.4) is 0 Å². The molecule has 3 rings (SSSR count). The molecule has 0 spiro atoms. The van der Waals surface area contributed by atoms with Crippen LogP contribution in [0, 0.1) is 10.1 Å². The third-order valence-corrected chi connectivity index (χ3v) is 5.09. The number of rotatable bonds is 7. The number of nitrogens with one attached hydrogen (secondary N) is 1. The first kappa shape index (κ1) is 19.5. The first-order valence-corrected chi connectivity index (χ1v) is 9.79. The zero-order valence-electron chi connectivity index (χ0n) is 14.9. The van der Waals surface area contributed by atoms with Crippen LogP contribution in [0.15, 0.2) is 34.9 Å². The summed E-state index contributed by atoms with van der Waals surface area (Å²) < 4.78 is 1.70. The Bertz CT molecular complexity index is 800. The van der Waals surface area contributed by atoms with Gasteiger partial charge in [-0.2, -0.15) is 4.68 Å². The predicted molar refractivity (Wildman–Crippen MR) is 105 cm³/mol. The maximum Gasteiger partial charge on any atom is 0.404 e. The van der Waals surface area contributed by atoms with E-state index in [-0.39, 0.29) is 24.7 Å². The highest BCUT2D eigenvalue weighted by molar-refractivity contribution is 9.10. The molecule has 1 aliphatic heterocycles. The average Bonchev–Trinajstić information content (AvgIpc) is 3.04. The quantitative estimate of drug-likeness (QED) is 0.529. The van der Waals surface area contributed by atoms with E-state index in [2.05, 4.69) is 31.2 Å². The van der Waals surface area contributed by atoms with Gasteiger partial charge in [0.15, 0.2) is 0 Å². The van der Waals surface area contributed by atoms with E-state index in [0.29, 0.717) is 4.47 Å². The normalized spacial score (nSPS) is 14.9. The summed E-state index contributed by atoms with van der Waals surface area (Å²) in [4.78, 5) is 24.8. The van der Waals surface area contributed by atoms with E-state index in [1.165, 1.54) is 35.7 Å². The first-order chi connectivity index (χ1) is 13.0. The molecule has 1 aliphatic rings. The number of anilines is 1. The molecular formula is C18H22BrN5O3. The maximum absolute atomic E-state index is 12.1. The fourth-order valence-electron chi connectivity index (χ4n) is 3.13. The van der Waals surface area contributed by atoms with Crippen LogP contribution in [0.4, 0.5) is 11.5 Å². The van der Waals surface area contributed by atoms with Gasteiger partial charge in [0.1, 0.15) is 4.47 Å². The lowest BCUT2D eigenvalue weighted by Gasteiger charge is -2.26. The van der Waals surface area contributed by atoms with Gasteiger partial charge in [0.25, 0.3) is 0 Å². The van der Waals surface area contributed by atoms with E-state index in [1.807, 2.05) is 24.3 Å². The number of carbonyl (C=O) groups excluding carboxylic acids is 1. The van der Waals surface area contributed by atoms with Crippen molar-refractivity contribution in [1.82, 2.24) is 14.7 Å². The van der Waals surface area contributed by atoms with E-state index < -0.39 is 4.92 Å². The van der Waals surface area contributed by atoms with E-state index >= 15 is 0 Å². The highest BCUT2D eigenvalue weighted by Crippen LogP contribution is 2.22. The highest BCUT2D eigenvalue weighted by Gasteiger charge is 2.18. The number of carbonyl (C=O) groups is 1. The second-order valence-electron chi connectivity index (χ2n) is 6.65. The molecule has 1 aromatic heterocycles. The minimum atomic E-state index is -0.563. The molecule has 0 bridgehead atoms. The minimum absolute atomic E-state index is 0.159. The molecule has 1 fully saturated rings. The Morgan fingerprint density at radius 1 is 1.22 bits per heavy atom. The van der Waals surface area contributed by atoms with Gasteiger partial charge in [-0.25, -0.2) is 0 Å². The number of amides is 1. The minimum Gasteiger partial charge on any atom is -0.358 e. The molecule has 1 amide bonds. The van der Waals surface area contributed by atoms with Gasteiger partial charge in [-0.05, 0) is 64.5 Å². The fourth-order valence-corrected chi connectivity index (χ4v) is 3.59. The SMILES string of the molecule is O=C(CCn1cc(Br)c([N+](=O)[O-])n1)Nc1ccc(CN2CCCCC2)cc1. The summed E-state index contributed by atoms with van der Waals surface area (Å²) in [6.45, 7) is 3.52. The van der Waals surface area contributed by atoms with E-state index in [0.717, 1.165) is 25.3 Å². The van der Waals surface area contributed by atoms with Crippen LogP contribution in [0.1, 0.15) is 31.2 Å². The molecular weight excluding hydrogens is 414 g/mol. The van der Waals surface area contributed by atoms with Gasteiger partial charge in [0.05, 0.1) is 17.8 Å². The molecule has 1 aromatic carbocycles. The van der Waals surface area contributed by atoms with Crippen LogP contribution in [0.2, 0.25) is 0 Å². The van der Waals surface area contributed by atoms with Crippen LogP contribution >= 0.6 is 15.9 Å². The number of likely N-dealkylation sites (tertiary alicyclic amines) is 1. The zero-order chi connectivity index (χ0) is 19.2. The summed E-state index contributed by atoms with van der Waals surface area (Å²) in [7, 11) is 0. The lowest BCUT2D eigenvalue weighted by Crippen LogP contribution is -2.29. The molecule has 9 heteroatoms. The number of hydrogen-bond donors (Lipinski definition) is 1. The third-order valence-electron chi connectivity index (χ3n) is 4.53. The average molecular weight is 436 g/mol. The zero-order valence-corrected chi connectivity index (χ0v) is 16.5. The summed E-state index contributed by atoms with van der Waals surface area (Å²) >= 11 is 3.09. The van der Waals surface area contributed by atoms with Crippen LogP contribution in [-0.2, 0) is 17.9 Å². The fraction of sp³-hybridized carbons (Fsp3) is 0.444. The Labute approximate surface area is 165 Å². The number of nitrogens with zero attached hydrogens (tertiary/aromatic N) is 4. The summed E-state index contributed by atoms with van der Waals surface area (Å²) in [6, 6.07) is 7.90. The van der Waals surface area contributed by atoms with Crippen molar-refractivity contribution in [3.8, 4) is 0 Å². The molecule has 0 atom stereocenters. The first-order valence-electron chi connectivity index (χ1n) is 9.00. The van der Waals surface area contributed by atoms with Crippen molar-refractivity contribution in [2.24, 2.45) is 0 Å². The second-order valence-corrected chi connectivity index (χ2v) is 7.51. The van der Waals surface area contributed by atoms with E-state index in [9.17, 15) is 14.9 Å².